The van der Waals surface area contributed by atoms with Crippen LogP contribution in [0.25, 0.3) is 16.7 Å². The Hall–Kier alpha value is -2.11. The third-order valence-corrected chi connectivity index (χ3v) is 4.77. The molecule has 126 valence electrons. The summed E-state index contributed by atoms with van der Waals surface area (Å²) in [5, 5.41) is 0.497. The van der Waals surface area contributed by atoms with Crippen LogP contribution in [0.4, 0.5) is 0 Å². The van der Waals surface area contributed by atoms with Gasteiger partial charge in [-0.2, -0.15) is 0 Å². The maximum Gasteiger partial charge on any atom is 0.175 e. The van der Waals surface area contributed by atoms with Crippen molar-refractivity contribution in [3.8, 4) is 11.1 Å². The molecule has 0 saturated heterocycles. The number of nitrogens with zero attached hydrogens (tertiary/aromatic N) is 1. The van der Waals surface area contributed by atoms with Gasteiger partial charge in [-0.05, 0) is 30.2 Å². The van der Waals surface area contributed by atoms with Gasteiger partial charge in [0.25, 0.3) is 0 Å². The number of pyridine rings is 1. The molecule has 2 aromatic rings. The van der Waals surface area contributed by atoms with Crippen LogP contribution in [-0.4, -0.2) is 19.7 Å². The van der Waals surface area contributed by atoms with E-state index in [1.807, 2.05) is 19.1 Å². The molecule has 0 unspecified atom stereocenters. The summed E-state index contributed by atoms with van der Waals surface area (Å²) in [6, 6.07) is 8.42. The van der Waals surface area contributed by atoms with Crippen molar-refractivity contribution in [2.75, 3.05) is 6.26 Å². The Balaban J connectivity index is 2.57. The van der Waals surface area contributed by atoms with Gasteiger partial charge in [-0.15, -0.1) is 0 Å². The van der Waals surface area contributed by atoms with Crippen molar-refractivity contribution in [1.82, 2.24) is 4.98 Å². The molecule has 2 N–H and O–H groups in total. The molecule has 0 saturated carbocycles. The van der Waals surface area contributed by atoms with Crippen LogP contribution in [0.3, 0.4) is 0 Å². The number of nitrogens with two attached hydrogens (primary N) is 1. The van der Waals surface area contributed by atoms with Gasteiger partial charge < -0.3 is 5.73 Å². The van der Waals surface area contributed by atoms with Gasteiger partial charge in [0, 0.05) is 29.8 Å². The molecule has 0 aliphatic heterocycles. The van der Waals surface area contributed by atoms with Crippen molar-refractivity contribution in [1.29, 1.82) is 0 Å². The Morgan fingerprint density at radius 3 is 2.50 bits per heavy atom. The third kappa shape index (κ3) is 4.24. The predicted octanol–water partition coefficient (Wildman–Crippen LogP) is 4.07. The highest BCUT2D eigenvalue weighted by atomic mass is 35.5. The average molecular weight is 363 g/mol. The van der Waals surface area contributed by atoms with Crippen molar-refractivity contribution < 1.29 is 8.42 Å². The summed E-state index contributed by atoms with van der Waals surface area (Å²) in [7, 11) is -3.24. The van der Waals surface area contributed by atoms with Crippen molar-refractivity contribution >= 4 is 27.0 Å². The molecule has 0 aliphatic rings. The number of aromatic nitrogens is 1. The molecule has 6 heteroatoms. The smallest absolute Gasteiger partial charge is 0.175 e. The summed E-state index contributed by atoms with van der Waals surface area (Å²) in [6.45, 7) is 2.03. The zero-order valence-electron chi connectivity index (χ0n) is 13.5. The van der Waals surface area contributed by atoms with Gasteiger partial charge >= 0.3 is 0 Å². The summed E-state index contributed by atoms with van der Waals surface area (Å²) >= 11 is 6.10. The largest absolute Gasteiger partial charge is 0.404 e. The van der Waals surface area contributed by atoms with Gasteiger partial charge in [-0.25, -0.2) is 8.42 Å². The zero-order chi connectivity index (χ0) is 17.7. The molecule has 0 spiro atoms. The summed E-state index contributed by atoms with van der Waals surface area (Å²) in [5.74, 6) is 0. The van der Waals surface area contributed by atoms with Crippen molar-refractivity contribution in [3.05, 3.63) is 65.6 Å². The normalized spacial score (nSPS) is 12.7. The Morgan fingerprint density at radius 1 is 1.29 bits per heavy atom. The fraction of sp³-hybridized carbons (Fsp3) is 0.167. The Kier molecular flexibility index (Phi) is 5.80. The number of hydrogen-bond donors (Lipinski definition) is 1. The minimum Gasteiger partial charge on any atom is -0.404 e. The van der Waals surface area contributed by atoms with Crippen LogP contribution in [0.5, 0.6) is 0 Å². The van der Waals surface area contributed by atoms with Gasteiger partial charge in [-0.3, -0.25) is 4.98 Å². The molecule has 1 aromatic heterocycles. The first kappa shape index (κ1) is 18.2. The summed E-state index contributed by atoms with van der Waals surface area (Å²) in [6.07, 6.45) is 9.02. The Labute approximate surface area is 147 Å². The first-order valence-corrected chi connectivity index (χ1v) is 9.68. The molecule has 1 aromatic carbocycles. The Bertz CT molecular complexity index is 886. The van der Waals surface area contributed by atoms with Gasteiger partial charge in [0.05, 0.1) is 15.6 Å². The van der Waals surface area contributed by atoms with Gasteiger partial charge in [0.2, 0.25) is 0 Å². The molecule has 0 aliphatic carbocycles. The van der Waals surface area contributed by atoms with E-state index < -0.39 is 9.84 Å². The lowest BCUT2D eigenvalue weighted by Crippen LogP contribution is -1.98. The van der Waals surface area contributed by atoms with E-state index in [1.54, 1.807) is 36.5 Å². The number of allylic oxidation sites excluding steroid dienone is 3. The first-order chi connectivity index (χ1) is 11.4. The quantitative estimate of drug-likeness (QED) is 0.813. The highest BCUT2D eigenvalue weighted by molar-refractivity contribution is 7.90. The maximum absolute atomic E-state index is 11.6. The number of sulfone groups is 1. The second-order valence-electron chi connectivity index (χ2n) is 5.28. The highest BCUT2D eigenvalue weighted by Crippen LogP contribution is 2.30. The van der Waals surface area contributed by atoms with Crippen LogP contribution in [0.2, 0.25) is 5.02 Å². The lowest BCUT2D eigenvalue weighted by atomic mass is 9.99. The van der Waals surface area contributed by atoms with E-state index in [4.69, 9.17) is 17.3 Å². The summed E-state index contributed by atoms with van der Waals surface area (Å²) in [5.41, 5.74) is 8.82. The molecule has 0 radical (unpaired) electrons. The molecule has 4 nitrogen and oxygen atoms in total. The van der Waals surface area contributed by atoms with E-state index in [9.17, 15) is 8.42 Å². The van der Waals surface area contributed by atoms with E-state index in [0.717, 1.165) is 23.1 Å². The average Bonchev–Trinajstić information content (AvgIpc) is 2.56. The minimum atomic E-state index is -3.24. The number of rotatable bonds is 5. The molecule has 0 atom stereocenters. The van der Waals surface area contributed by atoms with E-state index in [2.05, 4.69) is 4.98 Å². The van der Waals surface area contributed by atoms with Crippen molar-refractivity contribution in [2.45, 2.75) is 18.2 Å². The molecule has 0 fully saturated rings. The monoisotopic (exact) mass is 362 g/mol. The van der Waals surface area contributed by atoms with E-state index in [-0.39, 0.29) is 4.90 Å². The second kappa shape index (κ2) is 7.64. The molecular weight excluding hydrogens is 344 g/mol. The van der Waals surface area contributed by atoms with Crippen molar-refractivity contribution in [3.63, 3.8) is 0 Å². The summed E-state index contributed by atoms with van der Waals surface area (Å²) < 4.78 is 23.2. The fourth-order valence-corrected chi connectivity index (χ4v) is 3.02. The molecule has 0 amide bonds. The second-order valence-corrected chi connectivity index (χ2v) is 7.73. The van der Waals surface area contributed by atoms with Crippen LogP contribution in [0.1, 0.15) is 19.0 Å². The predicted molar refractivity (Wildman–Crippen MR) is 99.4 cm³/mol. The standard InChI is InChI=1S/C18H19ClN2O2S/c1-3-4-5-14(11-20)18-17(10-15(19)12-21-18)13-6-8-16(9-7-13)24(2,22)23/h4-12H,3,20H2,1-2H3/b5-4-,14-11+. The molecule has 24 heavy (non-hydrogen) atoms. The molecule has 0 bridgehead atoms. The van der Waals surface area contributed by atoms with Gasteiger partial charge in [0.1, 0.15) is 0 Å². The van der Waals surface area contributed by atoms with Crippen LogP contribution in [0, 0.1) is 0 Å². The third-order valence-electron chi connectivity index (χ3n) is 3.43. The SMILES string of the molecule is CC/C=C\C(=C/N)c1ncc(Cl)cc1-c1ccc(S(C)(=O)=O)cc1. The number of hydrogen-bond acceptors (Lipinski definition) is 4. The minimum absolute atomic E-state index is 0.267. The van der Waals surface area contributed by atoms with E-state index in [1.165, 1.54) is 12.5 Å². The lowest BCUT2D eigenvalue weighted by molar-refractivity contribution is 0.602. The number of benzene rings is 1. The van der Waals surface area contributed by atoms with Gasteiger partial charge in [0.15, 0.2) is 9.84 Å². The van der Waals surface area contributed by atoms with Crippen LogP contribution < -0.4 is 5.73 Å². The van der Waals surface area contributed by atoms with Crippen LogP contribution in [-0.2, 0) is 9.84 Å². The Morgan fingerprint density at radius 2 is 1.96 bits per heavy atom. The fourth-order valence-electron chi connectivity index (χ4n) is 2.23. The van der Waals surface area contributed by atoms with Crippen LogP contribution >= 0.6 is 11.6 Å². The van der Waals surface area contributed by atoms with Crippen molar-refractivity contribution in [2.24, 2.45) is 5.73 Å². The zero-order valence-corrected chi connectivity index (χ0v) is 15.1. The number of halogens is 1. The summed E-state index contributed by atoms with van der Waals surface area (Å²) in [4.78, 5) is 4.67. The molecular formula is C18H19ClN2O2S. The topological polar surface area (TPSA) is 73.0 Å². The highest BCUT2D eigenvalue weighted by Gasteiger charge is 2.12. The first-order valence-electron chi connectivity index (χ1n) is 7.41. The molecule has 1 heterocycles. The van der Waals surface area contributed by atoms with E-state index in [0.29, 0.717) is 10.7 Å². The maximum atomic E-state index is 11.6. The lowest BCUT2D eigenvalue weighted by Gasteiger charge is -2.11. The van der Waals surface area contributed by atoms with E-state index >= 15 is 0 Å². The molecule has 2 rings (SSSR count). The van der Waals surface area contributed by atoms with Gasteiger partial charge in [-0.1, -0.05) is 42.8 Å². The van der Waals surface area contributed by atoms with Crippen LogP contribution in [0.15, 0.2) is 59.8 Å².